The van der Waals surface area contributed by atoms with Gasteiger partial charge in [-0.25, -0.2) is 0 Å². The molecule has 0 saturated carbocycles. The summed E-state index contributed by atoms with van der Waals surface area (Å²) in [6.45, 7) is 2.09. The van der Waals surface area contributed by atoms with Gasteiger partial charge in [-0.2, -0.15) is 0 Å². The number of nitrogens with zero attached hydrogens (tertiary/aromatic N) is 1. The van der Waals surface area contributed by atoms with Crippen molar-refractivity contribution in [3.8, 4) is 0 Å². The molecule has 1 aromatic carbocycles. The number of hydrogen-bond acceptors (Lipinski definition) is 3. The number of nitrogens with one attached hydrogen (secondary N) is 1. The highest BCUT2D eigenvalue weighted by molar-refractivity contribution is 6.00. The molecule has 0 bridgehead atoms. The normalized spacial score (nSPS) is 18.1. The van der Waals surface area contributed by atoms with E-state index in [4.69, 9.17) is 5.73 Å². The number of primary amides is 1. The molecule has 3 amide bonds. The molecule has 106 valence electrons. The summed E-state index contributed by atoms with van der Waals surface area (Å²) in [6.07, 6.45) is 0.151. The molecular weight excluding hydrogens is 258 g/mol. The zero-order chi connectivity index (χ0) is 14.7. The molecule has 0 aromatic heterocycles. The first kappa shape index (κ1) is 14.0. The van der Waals surface area contributed by atoms with Crippen LogP contribution >= 0.6 is 0 Å². The van der Waals surface area contributed by atoms with Crippen LogP contribution in [0.4, 0.5) is 5.69 Å². The molecule has 6 nitrogen and oxygen atoms in total. The summed E-state index contributed by atoms with van der Waals surface area (Å²) in [6, 6.07) is 7.56. The molecule has 1 atom stereocenters. The first-order valence-electron chi connectivity index (χ1n) is 6.40. The molecule has 1 heterocycles. The van der Waals surface area contributed by atoms with Crippen LogP contribution in [0.1, 0.15) is 12.0 Å². The van der Waals surface area contributed by atoms with Crippen LogP contribution in [0.2, 0.25) is 0 Å². The van der Waals surface area contributed by atoms with Gasteiger partial charge in [0.25, 0.3) is 0 Å². The number of amides is 3. The molecule has 1 saturated heterocycles. The predicted octanol–water partition coefficient (Wildman–Crippen LogP) is -0.0506. The molecule has 2 rings (SSSR count). The monoisotopic (exact) mass is 275 g/mol. The summed E-state index contributed by atoms with van der Waals surface area (Å²) in [5.41, 5.74) is 6.86. The SMILES string of the molecule is Cc1ccc(N2C[C@@H](C(=O)NCC(N)=O)CC2=O)cc1. The van der Waals surface area contributed by atoms with Crippen molar-refractivity contribution in [1.82, 2.24) is 5.32 Å². The van der Waals surface area contributed by atoms with Crippen molar-refractivity contribution in [2.24, 2.45) is 11.7 Å². The second kappa shape index (κ2) is 5.73. The zero-order valence-corrected chi connectivity index (χ0v) is 11.3. The van der Waals surface area contributed by atoms with Crippen LogP contribution in [0.5, 0.6) is 0 Å². The van der Waals surface area contributed by atoms with E-state index in [0.717, 1.165) is 11.3 Å². The molecule has 6 heteroatoms. The molecular formula is C14H17N3O3. The van der Waals surface area contributed by atoms with Crippen molar-refractivity contribution in [2.45, 2.75) is 13.3 Å². The summed E-state index contributed by atoms with van der Waals surface area (Å²) in [5.74, 6) is -1.44. The van der Waals surface area contributed by atoms with E-state index in [0.29, 0.717) is 6.54 Å². The van der Waals surface area contributed by atoms with Crippen LogP contribution in [0.3, 0.4) is 0 Å². The lowest BCUT2D eigenvalue weighted by atomic mass is 10.1. The van der Waals surface area contributed by atoms with Crippen molar-refractivity contribution in [1.29, 1.82) is 0 Å². The van der Waals surface area contributed by atoms with Crippen LogP contribution in [0.25, 0.3) is 0 Å². The highest BCUT2D eigenvalue weighted by Gasteiger charge is 2.34. The molecule has 0 aliphatic carbocycles. The number of carbonyl (C=O) groups is 3. The Bertz CT molecular complexity index is 539. The molecule has 1 aliphatic heterocycles. The minimum Gasteiger partial charge on any atom is -0.368 e. The molecule has 1 aliphatic rings. The summed E-state index contributed by atoms with van der Waals surface area (Å²) >= 11 is 0. The maximum atomic E-state index is 12.0. The fourth-order valence-corrected chi connectivity index (χ4v) is 2.18. The third kappa shape index (κ3) is 3.14. The predicted molar refractivity (Wildman–Crippen MR) is 73.8 cm³/mol. The van der Waals surface area contributed by atoms with Gasteiger partial charge in [0.05, 0.1) is 12.5 Å². The van der Waals surface area contributed by atoms with Crippen LogP contribution in [-0.2, 0) is 14.4 Å². The molecule has 0 spiro atoms. The minimum absolute atomic E-state index is 0.0897. The van der Waals surface area contributed by atoms with Gasteiger partial charge in [-0.3, -0.25) is 14.4 Å². The number of carbonyl (C=O) groups excluding carboxylic acids is 3. The van der Waals surface area contributed by atoms with Crippen LogP contribution in [-0.4, -0.2) is 30.8 Å². The first-order valence-corrected chi connectivity index (χ1v) is 6.40. The molecule has 20 heavy (non-hydrogen) atoms. The Morgan fingerprint density at radius 3 is 2.60 bits per heavy atom. The van der Waals surface area contributed by atoms with E-state index in [2.05, 4.69) is 5.32 Å². The van der Waals surface area contributed by atoms with Crippen molar-refractivity contribution in [3.05, 3.63) is 29.8 Å². The van der Waals surface area contributed by atoms with Crippen LogP contribution in [0, 0.1) is 12.8 Å². The summed E-state index contributed by atoms with van der Waals surface area (Å²) < 4.78 is 0. The summed E-state index contributed by atoms with van der Waals surface area (Å²) in [7, 11) is 0. The third-order valence-electron chi connectivity index (χ3n) is 3.28. The van der Waals surface area contributed by atoms with Gasteiger partial charge in [0, 0.05) is 18.7 Å². The van der Waals surface area contributed by atoms with E-state index >= 15 is 0 Å². The van der Waals surface area contributed by atoms with Gasteiger partial charge in [0.1, 0.15) is 0 Å². The van der Waals surface area contributed by atoms with Crippen molar-refractivity contribution >= 4 is 23.4 Å². The molecule has 3 N–H and O–H groups in total. The zero-order valence-electron chi connectivity index (χ0n) is 11.3. The molecule has 1 fully saturated rings. The average Bonchev–Trinajstić information content (AvgIpc) is 2.79. The highest BCUT2D eigenvalue weighted by Crippen LogP contribution is 2.25. The summed E-state index contributed by atoms with van der Waals surface area (Å²) in [4.78, 5) is 36.0. The van der Waals surface area contributed by atoms with E-state index in [1.807, 2.05) is 31.2 Å². The van der Waals surface area contributed by atoms with Crippen molar-refractivity contribution in [2.75, 3.05) is 18.0 Å². The van der Waals surface area contributed by atoms with E-state index < -0.39 is 11.8 Å². The molecule has 0 radical (unpaired) electrons. The Morgan fingerprint density at radius 2 is 2.00 bits per heavy atom. The quantitative estimate of drug-likeness (QED) is 0.807. The number of rotatable bonds is 4. The highest BCUT2D eigenvalue weighted by atomic mass is 16.2. The number of nitrogens with two attached hydrogens (primary N) is 1. The fraction of sp³-hybridized carbons (Fsp3) is 0.357. The van der Waals surface area contributed by atoms with Gasteiger partial charge in [-0.05, 0) is 19.1 Å². The fourth-order valence-electron chi connectivity index (χ4n) is 2.18. The lowest BCUT2D eigenvalue weighted by Crippen LogP contribution is -2.38. The van der Waals surface area contributed by atoms with E-state index in [1.165, 1.54) is 0 Å². The lowest BCUT2D eigenvalue weighted by Gasteiger charge is -2.16. The Balaban J connectivity index is 2.01. The van der Waals surface area contributed by atoms with Gasteiger partial charge in [-0.15, -0.1) is 0 Å². The molecule has 1 aromatic rings. The maximum Gasteiger partial charge on any atom is 0.236 e. The minimum atomic E-state index is -0.599. The van der Waals surface area contributed by atoms with E-state index in [1.54, 1.807) is 4.90 Å². The summed E-state index contributed by atoms with van der Waals surface area (Å²) in [5, 5.41) is 2.43. The Hall–Kier alpha value is -2.37. The maximum absolute atomic E-state index is 12.0. The Morgan fingerprint density at radius 1 is 1.35 bits per heavy atom. The van der Waals surface area contributed by atoms with Gasteiger partial charge in [0.15, 0.2) is 0 Å². The third-order valence-corrected chi connectivity index (χ3v) is 3.28. The van der Waals surface area contributed by atoms with Gasteiger partial charge >= 0.3 is 0 Å². The van der Waals surface area contributed by atoms with Gasteiger partial charge in [-0.1, -0.05) is 17.7 Å². The van der Waals surface area contributed by atoms with Crippen LogP contribution in [0.15, 0.2) is 24.3 Å². The number of anilines is 1. The number of benzene rings is 1. The standard InChI is InChI=1S/C14H17N3O3/c1-9-2-4-11(5-3-9)17-8-10(6-13(17)19)14(20)16-7-12(15)18/h2-5,10H,6-8H2,1H3,(H2,15,18)(H,16,20)/t10-/m0/s1. The Kier molecular flexibility index (Phi) is 4.02. The largest absolute Gasteiger partial charge is 0.368 e. The number of hydrogen-bond donors (Lipinski definition) is 2. The van der Waals surface area contributed by atoms with Crippen molar-refractivity contribution < 1.29 is 14.4 Å². The number of aryl methyl sites for hydroxylation is 1. The van der Waals surface area contributed by atoms with Gasteiger partial charge < -0.3 is 16.0 Å². The van der Waals surface area contributed by atoms with Gasteiger partial charge in [0.2, 0.25) is 17.7 Å². The van der Waals surface area contributed by atoms with E-state index in [-0.39, 0.29) is 24.8 Å². The second-order valence-electron chi connectivity index (χ2n) is 4.93. The first-order chi connectivity index (χ1) is 9.47. The smallest absolute Gasteiger partial charge is 0.236 e. The van der Waals surface area contributed by atoms with Crippen molar-refractivity contribution in [3.63, 3.8) is 0 Å². The lowest BCUT2D eigenvalue weighted by molar-refractivity contribution is -0.128. The second-order valence-corrected chi connectivity index (χ2v) is 4.93. The Labute approximate surface area is 116 Å². The van der Waals surface area contributed by atoms with E-state index in [9.17, 15) is 14.4 Å². The van der Waals surface area contributed by atoms with Crippen LogP contribution < -0.4 is 16.0 Å². The molecule has 0 unspecified atom stereocenters. The topological polar surface area (TPSA) is 92.5 Å². The average molecular weight is 275 g/mol.